The quantitative estimate of drug-likeness (QED) is 0.488. The summed E-state index contributed by atoms with van der Waals surface area (Å²) in [4.78, 5) is 22.2. The maximum absolute atomic E-state index is 13.0. The number of nitro benzene ring substituents is 1. The number of alkyl halides is 1. The van der Waals surface area contributed by atoms with E-state index < -0.39 is 22.3 Å². The molecular formula is C13H16BrFN2O3. The lowest BCUT2D eigenvalue weighted by Gasteiger charge is -2.18. The van der Waals surface area contributed by atoms with Crippen LogP contribution in [0.4, 0.5) is 10.1 Å². The molecule has 1 rings (SSSR count). The lowest BCUT2D eigenvalue weighted by atomic mass is 10.0. The van der Waals surface area contributed by atoms with E-state index in [-0.39, 0.29) is 11.6 Å². The van der Waals surface area contributed by atoms with E-state index in [2.05, 4.69) is 21.2 Å². The van der Waals surface area contributed by atoms with E-state index in [1.54, 1.807) is 0 Å². The maximum atomic E-state index is 13.0. The molecule has 110 valence electrons. The van der Waals surface area contributed by atoms with Crippen LogP contribution in [0.3, 0.4) is 0 Å². The maximum Gasteiger partial charge on any atom is 0.285 e. The number of carbonyl (C=O) groups is 1. The largest absolute Gasteiger partial charge is 0.348 e. The third-order valence-electron chi connectivity index (χ3n) is 2.68. The lowest BCUT2D eigenvalue weighted by molar-refractivity contribution is -0.385. The van der Waals surface area contributed by atoms with Crippen molar-refractivity contribution < 1.29 is 14.1 Å². The van der Waals surface area contributed by atoms with Gasteiger partial charge in [0.1, 0.15) is 11.4 Å². The molecule has 0 saturated carbocycles. The fourth-order valence-corrected chi connectivity index (χ4v) is 2.27. The standard InChI is InChI=1S/C13H16BrFN2O3/c1-8(2)5-10(7-14)16-13(18)11-4-3-9(15)6-12(11)17(19)20/h3-4,6,8,10H,5,7H2,1-2H3,(H,16,18). The van der Waals surface area contributed by atoms with Gasteiger partial charge in [-0.05, 0) is 24.5 Å². The number of benzene rings is 1. The van der Waals surface area contributed by atoms with Crippen molar-refractivity contribution in [1.82, 2.24) is 5.32 Å². The number of nitrogens with zero attached hydrogens (tertiary/aromatic N) is 1. The van der Waals surface area contributed by atoms with Crippen LogP contribution in [0.25, 0.3) is 0 Å². The summed E-state index contributed by atoms with van der Waals surface area (Å²) in [7, 11) is 0. The second-order valence-corrected chi connectivity index (χ2v) is 5.52. The van der Waals surface area contributed by atoms with E-state index in [9.17, 15) is 19.3 Å². The van der Waals surface area contributed by atoms with Crippen LogP contribution in [0, 0.1) is 21.8 Å². The molecule has 5 nitrogen and oxygen atoms in total. The third kappa shape index (κ3) is 4.56. The first-order chi connectivity index (χ1) is 9.35. The molecule has 7 heteroatoms. The Kier molecular flexibility index (Phi) is 6.06. The minimum atomic E-state index is -0.760. The molecule has 20 heavy (non-hydrogen) atoms. The Labute approximate surface area is 124 Å². The number of rotatable bonds is 6. The van der Waals surface area contributed by atoms with Crippen LogP contribution in [-0.4, -0.2) is 22.2 Å². The molecule has 1 unspecified atom stereocenters. The Morgan fingerprint density at radius 2 is 2.15 bits per heavy atom. The van der Waals surface area contributed by atoms with Gasteiger partial charge in [-0.1, -0.05) is 29.8 Å². The number of carbonyl (C=O) groups excluding carboxylic acids is 1. The smallest absolute Gasteiger partial charge is 0.285 e. The van der Waals surface area contributed by atoms with Crippen molar-refractivity contribution in [3.8, 4) is 0 Å². The van der Waals surface area contributed by atoms with Crippen molar-refractivity contribution in [3.05, 3.63) is 39.7 Å². The van der Waals surface area contributed by atoms with Gasteiger partial charge in [-0.2, -0.15) is 0 Å². The Morgan fingerprint density at radius 1 is 1.50 bits per heavy atom. The zero-order valence-electron chi connectivity index (χ0n) is 11.2. The molecular weight excluding hydrogens is 331 g/mol. The van der Waals surface area contributed by atoms with Gasteiger partial charge in [0.05, 0.1) is 11.0 Å². The summed E-state index contributed by atoms with van der Waals surface area (Å²) >= 11 is 3.30. The van der Waals surface area contributed by atoms with Crippen molar-refractivity contribution in [2.24, 2.45) is 5.92 Å². The van der Waals surface area contributed by atoms with Crippen LogP contribution >= 0.6 is 15.9 Å². The van der Waals surface area contributed by atoms with Crippen LogP contribution < -0.4 is 5.32 Å². The number of hydrogen-bond acceptors (Lipinski definition) is 3. The summed E-state index contributed by atoms with van der Waals surface area (Å²) < 4.78 is 13.0. The van der Waals surface area contributed by atoms with E-state index in [0.29, 0.717) is 11.2 Å². The molecule has 0 heterocycles. The number of hydrogen-bond donors (Lipinski definition) is 1. The van der Waals surface area contributed by atoms with E-state index in [4.69, 9.17) is 0 Å². The molecule has 1 aromatic carbocycles. The van der Waals surface area contributed by atoms with Crippen molar-refractivity contribution >= 4 is 27.5 Å². The second kappa shape index (κ2) is 7.33. The molecule has 1 atom stereocenters. The average Bonchev–Trinajstić information content (AvgIpc) is 2.36. The predicted molar refractivity (Wildman–Crippen MR) is 77.6 cm³/mol. The van der Waals surface area contributed by atoms with Crippen molar-refractivity contribution in [2.75, 3.05) is 5.33 Å². The van der Waals surface area contributed by atoms with Crippen molar-refractivity contribution in [1.29, 1.82) is 0 Å². The molecule has 0 aliphatic heterocycles. The second-order valence-electron chi connectivity index (χ2n) is 4.87. The Morgan fingerprint density at radius 3 is 2.65 bits per heavy atom. The summed E-state index contributed by atoms with van der Waals surface area (Å²) in [6, 6.07) is 2.78. The molecule has 0 radical (unpaired) electrons. The van der Waals surface area contributed by atoms with Crippen molar-refractivity contribution in [3.63, 3.8) is 0 Å². The Balaban J connectivity index is 2.94. The van der Waals surface area contributed by atoms with Gasteiger partial charge in [0.25, 0.3) is 11.6 Å². The van der Waals surface area contributed by atoms with Gasteiger partial charge in [0.2, 0.25) is 0 Å². The molecule has 0 aliphatic carbocycles. The van der Waals surface area contributed by atoms with Crippen LogP contribution in [0.15, 0.2) is 18.2 Å². The number of halogens is 2. The Hall–Kier alpha value is -1.50. The summed E-state index contributed by atoms with van der Waals surface area (Å²) in [5.74, 6) is -0.935. The van der Waals surface area contributed by atoms with Gasteiger partial charge in [-0.3, -0.25) is 14.9 Å². The highest BCUT2D eigenvalue weighted by atomic mass is 79.9. The topological polar surface area (TPSA) is 72.2 Å². The molecule has 1 N–H and O–H groups in total. The summed E-state index contributed by atoms with van der Waals surface area (Å²) in [6.45, 7) is 4.03. The first kappa shape index (κ1) is 16.6. The summed E-state index contributed by atoms with van der Waals surface area (Å²) in [5.41, 5.74) is -0.661. The molecule has 0 fully saturated rings. The molecule has 1 amide bonds. The van der Waals surface area contributed by atoms with Crippen LogP contribution in [0.1, 0.15) is 30.6 Å². The van der Waals surface area contributed by atoms with Gasteiger partial charge in [-0.15, -0.1) is 0 Å². The van der Waals surface area contributed by atoms with E-state index >= 15 is 0 Å². The number of amides is 1. The molecule has 0 saturated heterocycles. The van der Waals surface area contributed by atoms with Gasteiger partial charge in [0.15, 0.2) is 0 Å². The molecule has 0 bridgehead atoms. The summed E-state index contributed by atoms with van der Waals surface area (Å²) in [5, 5.41) is 14.1. The van der Waals surface area contributed by atoms with E-state index in [0.717, 1.165) is 24.6 Å². The lowest BCUT2D eigenvalue weighted by Crippen LogP contribution is -2.37. The normalized spacial score (nSPS) is 12.2. The average molecular weight is 347 g/mol. The minimum Gasteiger partial charge on any atom is -0.348 e. The highest BCUT2D eigenvalue weighted by molar-refractivity contribution is 9.09. The first-order valence-corrected chi connectivity index (χ1v) is 7.28. The van der Waals surface area contributed by atoms with Crippen molar-refractivity contribution in [2.45, 2.75) is 26.3 Å². The highest BCUT2D eigenvalue weighted by Crippen LogP contribution is 2.20. The zero-order valence-corrected chi connectivity index (χ0v) is 12.8. The number of nitrogens with one attached hydrogen (secondary N) is 1. The first-order valence-electron chi connectivity index (χ1n) is 6.16. The Bertz CT molecular complexity index is 508. The van der Waals surface area contributed by atoms with Gasteiger partial charge < -0.3 is 5.32 Å². The van der Waals surface area contributed by atoms with Gasteiger partial charge in [-0.25, -0.2) is 4.39 Å². The van der Waals surface area contributed by atoms with Crippen LogP contribution in [0.5, 0.6) is 0 Å². The SMILES string of the molecule is CC(C)CC(CBr)NC(=O)c1ccc(F)cc1[N+](=O)[O-]. The molecule has 0 aliphatic rings. The number of nitro groups is 1. The van der Waals surface area contributed by atoms with E-state index in [1.165, 1.54) is 0 Å². The third-order valence-corrected chi connectivity index (χ3v) is 3.46. The van der Waals surface area contributed by atoms with E-state index in [1.807, 2.05) is 13.8 Å². The van der Waals surface area contributed by atoms with Crippen LogP contribution in [0.2, 0.25) is 0 Å². The monoisotopic (exact) mass is 346 g/mol. The molecule has 0 spiro atoms. The summed E-state index contributed by atoms with van der Waals surface area (Å²) in [6.07, 6.45) is 0.742. The predicted octanol–water partition coefficient (Wildman–Crippen LogP) is 3.27. The van der Waals surface area contributed by atoms with Gasteiger partial charge in [0, 0.05) is 11.4 Å². The van der Waals surface area contributed by atoms with Crippen LogP contribution in [-0.2, 0) is 0 Å². The zero-order chi connectivity index (χ0) is 15.3. The fraction of sp³-hybridized carbons (Fsp3) is 0.462. The minimum absolute atomic E-state index is 0.132. The molecule has 1 aromatic rings. The highest BCUT2D eigenvalue weighted by Gasteiger charge is 2.23. The molecule has 0 aromatic heterocycles. The van der Waals surface area contributed by atoms with Gasteiger partial charge >= 0.3 is 0 Å². The fourth-order valence-electron chi connectivity index (χ4n) is 1.84.